The maximum atomic E-state index is 13.1. The Labute approximate surface area is 192 Å². The third-order valence-electron chi connectivity index (χ3n) is 6.00. The van der Waals surface area contributed by atoms with Crippen molar-refractivity contribution in [3.8, 4) is 17.1 Å². The first-order valence-electron chi connectivity index (χ1n) is 11.1. The van der Waals surface area contributed by atoms with Crippen molar-refractivity contribution in [3.05, 3.63) is 83.9 Å². The Morgan fingerprint density at radius 3 is 2.67 bits per heavy atom. The molecule has 2 heterocycles. The summed E-state index contributed by atoms with van der Waals surface area (Å²) in [6.07, 6.45) is 1.57. The van der Waals surface area contributed by atoms with Crippen molar-refractivity contribution in [1.29, 1.82) is 0 Å². The molecule has 0 bridgehead atoms. The van der Waals surface area contributed by atoms with Crippen molar-refractivity contribution in [3.63, 3.8) is 0 Å². The zero-order chi connectivity index (χ0) is 22.8. The van der Waals surface area contributed by atoms with Crippen molar-refractivity contribution >= 4 is 22.7 Å². The van der Waals surface area contributed by atoms with Crippen LogP contribution in [0.4, 0.5) is 5.82 Å². The van der Waals surface area contributed by atoms with Gasteiger partial charge in [-0.2, -0.15) is 0 Å². The second-order valence-corrected chi connectivity index (χ2v) is 8.35. The van der Waals surface area contributed by atoms with Crippen molar-refractivity contribution in [2.45, 2.75) is 32.4 Å². The first kappa shape index (κ1) is 20.9. The molecule has 1 aliphatic rings. The van der Waals surface area contributed by atoms with Gasteiger partial charge in [0.15, 0.2) is 5.82 Å². The number of phenols is 1. The van der Waals surface area contributed by atoms with E-state index in [0.29, 0.717) is 30.2 Å². The van der Waals surface area contributed by atoms with Gasteiger partial charge in [0.25, 0.3) is 0 Å². The molecule has 0 spiro atoms. The molecule has 1 atom stereocenters. The number of aromatic hydroxyl groups is 1. The fourth-order valence-corrected chi connectivity index (χ4v) is 4.32. The van der Waals surface area contributed by atoms with Gasteiger partial charge in [-0.05, 0) is 55.2 Å². The van der Waals surface area contributed by atoms with E-state index in [2.05, 4.69) is 0 Å². The maximum absolute atomic E-state index is 13.1. The van der Waals surface area contributed by atoms with Crippen LogP contribution in [0.3, 0.4) is 0 Å². The number of nitrogens with zero attached hydrogens (tertiary/aromatic N) is 3. The highest BCUT2D eigenvalue weighted by atomic mass is 16.5. The molecule has 0 saturated carbocycles. The average molecular weight is 440 g/mol. The van der Waals surface area contributed by atoms with E-state index >= 15 is 0 Å². The van der Waals surface area contributed by atoms with E-state index < -0.39 is 6.04 Å². The minimum absolute atomic E-state index is 0.121. The van der Waals surface area contributed by atoms with Crippen molar-refractivity contribution in [1.82, 2.24) is 9.97 Å². The zero-order valence-electron chi connectivity index (χ0n) is 18.4. The lowest BCUT2D eigenvalue weighted by atomic mass is 10.1. The van der Waals surface area contributed by atoms with Crippen molar-refractivity contribution in [2.24, 2.45) is 0 Å². The number of carbonyl (C=O) groups is 1. The fourth-order valence-electron chi connectivity index (χ4n) is 4.32. The number of aryl methyl sites for hydroxylation is 1. The van der Waals surface area contributed by atoms with Gasteiger partial charge in [-0.25, -0.2) is 14.8 Å². The number of esters is 1. The van der Waals surface area contributed by atoms with E-state index in [4.69, 9.17) is 14.7 Å². The SMILES string of the molecule is Cc1ccc2c(N3CCC[C@H]3C(=O)OCc3ccccc3)nc(-c3ccccc3O)nc2c1. The highest BCUT2D eigenvalue weighted by molar-refractivity contribution is 5.94. The third-order valence-corrected chi connectivity index (χ3v) is 6.00. The van der Waals surface area contributed by atoms with Crippen LogP contribution in [0.1, 0.15) is 24.0 Å². The van der Waals surface area contributed by atoms with Gasteiger partial charge in [0.05, 0.1) is 11.1 Å². The number of ether oxygens (including phenoxy) is 1. The third kappa shape index (κ3) is 4.24. The van der Waals surface area contributed by atoms with E-state index in [1.165, 1.54) is 0 Å². The summed E-state index contributed by atoms with van der Waals surface area (Å²) in [4.78, 5) is 24.7. The minimum atomic E-state index is -0.412. The number of hydrogen-bond acceptors (Lipinski definition) is 6. The summed E-state index contributed by atoms with van der Waals surface area (Å²) in [7, 11) is 0. The molecule has 6 heteroatoms. The monoisotopic (exact) mass is 439 g/mol. The van der Waals surface area contributed by atoms with Crippen LogP contribution in [0.25, 0.3) is 22.3 Å². The normalized spacial score (nSPS) is 15.7. The topological polar surface area (TPSA) is 75.6 Å². The van der Waals surface area contributed by atoms with E-state index in [-0.39, 0.29) is 18.3 Å². The largest absolute Gasteiger partial charge is 0.507 e. The van der Waals surface area contributed by atoms with Crippen LogP contribution in [-0.2, 0) is 16.1 Å². The molecule has 0 aliphatic carbocycles. The molecule has 6 nitrogen and oxygen atoms in total. The Balaban J connectivity index is 1.52. The summed E-state index contributed by atoms with van der Waals surface area (Å²) in [6.45, 7) is 2.96. The fraction of sp³-hybridized carbons (Fsp3) is 0.222. The van der Waals surface area contributed by atoms with Gasteiger partial charge < -0.3 is 14.7 Å². The molecule has 33 heavy (non-hydrogen) atoms. The second-order valence-electron chi connectivity index (χ2n) is 8.35. The quantitative estimate of drug-likeness (QED) is 0.440. The molecule has 1 aromatic heterocycles. The Hall–Kier alpha value is -3.93. The maximum Gasteiger partial charge on any atom is 0.329 e. The average Bonchev–Trinajstić information content (AvgIpc) is 3.32. The Morgan fingerprint density at radius 1 is 1.06 bits per heavy atom. The first-order valence-corrected chi connectivity index (χ1v) is 11.1. The van der Waals surface area contributed by atoms with Crippen LogP contribution in [0.15, 0.2) is 72.8 Å². The predicted molar refractivity (Wildman–Crippen MR) is 128 cm³/mol. The first-order chi connectivity index (χ1) is 16.1. The van der Waals surface area contributed by atoms with Gasteiger partial charge in [-0.15, -0.1) is 0 Å². The standard InChI is InChI=1S/C27H25N3O3/c1-18-13-14-20-22(16-18)28-25(21-10-5-6-12-24(21)31)29-26(20)30-15-7-11-23(30)27(32)33-17-19-8-3-2-4-9-19/h2-6,8-10,12-14,16,23,31H,7,11,15,17H2,1H3/t23-/m0/s1. The predicted octanol–water partition coefficient (Wildman–Crippen LogP) is 5.02. The summed E-state index contributed by atoms with van der Waals surface area (Å²) < 4.78 is 5.66. The molecule has 5 rings (SSSR count). The number of fused-ring (bicyclic) bond motifs is 1. The van der Waals surface area contributed by atoms with Crippen LogP contribution in [0.2, 0.25) is 0 Å². The smallest absolute Gasteiger partial charge is 0.329 e. The minimum Gasteiger partial charge on any atom is -0.507 e. The van der Waals surface area contributed by atoms with Gasteiger partial charge in [0.1, 0.15) is 24.2 Å². The molecular weight excluding hydrogens is 414 g/mol. The molecule has 0 radical (unpaired) electrons. The Morgan fingerprint density at radius 2 is 1.85 bits per heavy atom. The van der Waals surface area contributed by atoms with Gasteiger partial charge in [-0.3, -0.25) is 0 Å². The lowest BCUT2D eigenvalue weighted by Crippen LogP contribution is -2.38. The summed E-state index contributed by atoms with van der Waals surface area (Å²) in [6, 6.07) is 22.3. The highest BCUT2D eigenvalue weighted by Crippen LogP contribution is 2.35. The summed E-state index contributed by atoms with van der Waals surface area (Å²) in [5.41, 5.74) is 3.38. The van der Waals surface area contributed by atoms with Crippen LogP contribution in [0.5, 0.6) is 5.75 Å². The molecule has 3 aromatic carbocycles. The van der Waals surface area contributed by atoms with Crippen LogP contribution in [-0.4, -0.2) is 33.6 Å². The Bertz CT molecular complexity index is 1310. The molecule has 1 aliphatic heterocycles. The molecule has 0 amide bonds. The second kappa shape index (κ2) is 8.90. The lowest BCUT2D eigenvalue weighted by molar-refractivity contribution is -0.146. The van der Waals surface area contributed by atoms with Crippen LogP contribution in [0, 0.1) is 6.92 Å². The van der Waals surface area contributed by atoms with Crippen molar-refractivity contribution in [2.75, 3.05) is 11.4 Å². The lowest BCUT2D eigenvalue weighted by Gasteiger charge is -2.26. The number of para-hydroxylation sites is 1. The zero-order valence-corrected chi connectivity index (χ0v) is 18.4. The number of benzene rings is 3. The summed E-state index contributed by atoms with van der Waals surface area (Å²) in [5.74, 6) is 0.997. The van der Waals surface area contributed by atoms with Crippen molar-refractivity contribution < 1.29 is 14.6 Å². The van der Waals surface area contributed by atoms with Gasteiger partial charge >= 0.3 is 5.97 Å². The van der Waals surface area contributed by atoms with Gasteiger partial charge in [-0.1, -0.05) is 48.5 Å². The van der Waals surface area contributed by atoms with E-state index in [1.807, 2.05) is 66.4 Å². The number of phenolic OH excluding ortho intramolecular Hbond substituents is 1. The van der Waals surface area contributed by atoms with Crippen LogP contribution >= 0.6 is 0 Å². The number of hydrogen-bond donors (Lipinski definition) is 1. The number of carbonyl (C=O) groups excluding carboxylic acids is 1. The van der Waals surface area contributed by atoms with Gasteiger partial charge in [0.2, 0.25) is 0 Å². The molecular formula is C27H25N3O3. The molecule has 4 aromatic rings. The van der Waals surface area contributed by atoms with Crippen LogP contribution < -0.4 is 4.90 Å². The van der Waals surface area contributed by atoms with E-state index in [9.17, 15) is 9.90 Å². The molecule has 1 N–H and O–H groups in total. The highest BCUT2D eigenvalue weighted by Gasteiger charge is 2.34. The Kier molecular flexibility index (Phi) is 5.65. The summed E-state index contributed by atoms with van der Waals surface area (Å²) >= 11 is 0. The van der Waals surface area contributed by atoms with Gasteiger partial charge in [0, 0.05) is 11.9 Å². The van der Waals surface area contributed by atoms with E-state index in [0.717, 1.165) is 28.5 Å². The molecule has 0 unspecified atom stereocenters. The molecule has 1 fully saturated rings. The number of rotatable bonds is 5. The summed E-state index contributed by atoms with van der Waals surface area (Å²) in [5, 5.41) is 11.3. The van der Waals surface area contributed by atoms with E-state index in [1.54, 1.807) is 18.2 Å². The molecule has 166 valence electrons. The number of anilines is 1. The number of aromatic nitrogens is 2. The molecule has 1 saturated heterocycles.